The second kappa shape index (κ2) is 5.21. The lowest BCUT2D eigenvalue weighted by molar-refractivity contribution is -0.116. The SMILES string of the molecule is NC(=O)CNS(=O)(=O)c1cc(Cl)cc(N)c1Br. The minimum Gasteiger partial charge on any atom is -0.398 e. The second-order valence-corrected chi connectivity index (χ2v) is 6.06. The van der Waals surface area contributed by atoms with Gasteiger partial charge in [0.1, 0.15) is 0 Å². The molecule has 0 saturated carbocycles. The molecule has 0 aliphatic carbocycles. The van der Waals surface area contributed by atoms with Crippen molar-refractivity contribution in [2.24, 2.45) is 5.73 Å². The van der Waals surface area contributed by atoms with Crippen LogP contribution in [0.5, 0.6) is 0 Å². The van der Waals surface area contributed by atoms with E-state index in [1.54, 1.807) is 0 Å². The Morgan fingerprint density at radius 3 is 2.59 bits per heavy atom. The molecule has 1 aromatic carbocycles. The van der Waals surface area contributed by atoms with Crippen LogP contribution in [0.25, 0.3) is 0 Å². The number of amides is 1. The monoisotopic (exact) mass is 341 g/mol. The molecule has 0 aliphatic rings. The van der Waals surface area contributed by atoms with Crippen LogP contribution in [-0.2, 0) is 14.8 Å². The number of anilines is 1. The smallest absolute Gasteiger partial charge is 0.242 e. The fraction of sp³-hybridized carbons (Fsp3) is 0.125. The van der Waals surface area contributed by atoms with Gasteiger partial charge >= 0.3 is 0 Å². The number of nitrogens with one attached hydrogen (secondary N) is 1. The van der Waals surface area contributed by atoms with Crippen LogP contribution in [0, 0.1) is 0 Å². The molecule has 17 heavy (non-hydrogen) atoms. The first-order valence-corrected chi connectivity index (χ1v) is 6.92. The van der Waals surface area contributed by atoms with Crippen LogP contribution < -0.4 is 16.2 Å². The Morgan fingerprint density at radius 2 is 2.06 bits per heavy atom. The number of hydrogen-bond acceptors (Lipinski definition) is 4. The van der Waals surface area contributed by atoms with Crippen LogP contribution >= 0.6 is 27.5 Å². The van der Waals surface area contributed by atoms with Crippen LogP contribution in [0.3, 0.4) is 0 Å². The molecular formula is C8H9BrClN3O3S. The van der Waals surface area contributed by atoms with E-state index in [-0.39, 0.29) is 20.1 Å². The highest BCUT2D eigenvalue weighted by atomic mass is 79.9. The zero-order valence-electron chi connectivity index (χ0n) is 8.41. The summed E-state index contributed by atoms with van der Waals surface area (Å²) in [6.07, 6.45) is 0. The van der Waals surface area contributed by atoms with Crippen molar-refractivity contribution in [3.05, 3.63) is 21.6 Å². The van der Waals surface area contributed by atoms with Crippen molar-refractivity contribution < 1.29 is 13.2 Å². The highest BCUT2D eigenvalue weighted by Gasteiger charge is 2.20. The van der Waals surface area contributed by atoms with Gasteiger partial charge in [0.2, 0.25) is 15.9 Å². The number of nitrogens with two attached hydrogens (primary N) is 2. The summed E-state index contributed by atoms with van der Waals surface area (Å²) in [6.45, 7) is -0.499. The minimum atomic E-state index is -3.89. The largest absolute Gasteiger partial charge is 0.398 e. The van der Waals surface area contributed by atoms with Crippen LogP contribution in [0.2, 0.25) is 5.02 Å². The molecule has 0 saturated heterocycles. The molecular weight excluding hydrogens is 334 g/mol. The number of carbonyl (C=O) groups excluding carboxylic acids is 1. The van der Waals surface area contributed by atoms with Crippen molar-refractivity contribution >= 4 is 49.1 Å². The predicted octanol–water partition coefficient (Wildman–Crippen LogP) is 0.448. The molecule has 0 aliphatic heterocycles. The fourth-order valence-corrected chi connectivity index (χ4v) is 3.31. The molecule has 94 valence electrons. The molecule has 5 N–H and O–H groups in total. The fourth-order valence-electron chi connectivity index (χ4n) is 1.02. The third kappa shape index (κ3) is 3.56. The topological polar surface area (TPSA) is 115 Å². The van der Waals surface area contributed by atoms with Gasteiger partial charge in [-0.2, -0.15) is 0 Å². The summed E-state index contributed by atoms with van der Waals surface area (Å²) in [5.74, 6) is -0.792. The molecule has 0 aromatic heterocycles. The molecule has 0 atom stereocenters. The first-order valence-electron chi connectivity index (χ1n) is 4.26. The Bertz CT molecular complexity index is 561. The lowest BCUT2D eigenvalue weighted by Crippen LogP contribution is -2.33. The predicted molar refractivity (Wildman–Crippen MR) is 67.9 cm³/mol. The quantitative estimate of drug-likeness (QED) is 0.689. The number of primary amides is 1. The van der Waals surface area contributed by atoms with Gasteiger partial charge in [0.05, 0.1) is 15.9 Å². The summed E-state index contributed by atoms with van der Waals surface area (Å²) >= 11 is 8.74. The van der Waals surface area contributed by atoms with Crippen LogP contribution in [0.1, 0.15) is 0 Å². The average Bonchev–Trinajstić information content (AvgIpc) is 2.20. The second-order valence-electron chi connectivity index (χ2n) is 3.10. The summed E-state index contributed by atoms with van der Waals surface area (Å²) in [7, 11) is -3.89. The average molecular weight is 343 g/mol. The Labute approximate surface area is 111 Å². The molecule has 6 nitrogen and oxygen atoms in total. The maximum absolute atomic E-state index is 11.8. The molecule has 0 heterocycles. The van der Waals surface area contributed by atoms with Gasteiger partial charge in [0.25, 0.3) is 0 Å². The number of hydrogen-bond donors (Lipinski definition) is 3. The molecule has 0 fully saturated rings. The first kappa shape index (κ1) is 14.2. The van der Waals surface area contributed by atoms with Crippen molar-refractivity contribution in [3.63, 3.8) is 0 Å². The standard InChI is InChI=1S/C8H9BrClN3O3S/c9-8-5(11)1-4(10)2-6(8)17(15,16)13-3-7(12)14/h1-2,13H,3,11H2,(H2,12,14). The van der Waals surface area contributed by atoms with E-state index in [2.05, 4.69) is 15.9 Å². The normalized spacial score (nSPS) is 11.4. The van der Waals surface area contributed by atoms with Gasteiger partial charge in [-0.15, -0.1) is 0 Å². The van der Waals surface area contributed by atoms with Crippen molar-refractivity contribution in [1.82, 2.24) is 4.72 Å². The number of halogens is 2. The third-order valence-corrected chi connectivity index (χ3v) is 4.55. The van der Waals surface area contributed by atoms with E-state index in [0.29, 0.717) is 0 Å². The Hall–Kier alpha value is -0.830. The number of nitrogen functional groups attached to an aromatic ring is 1. The van der Waals surface area contributed by atoms with Gasteiger partial charge < -0.3 is 11.5 Å². The van der Waals surface area contributed by atoms with Gasteiger partial charge in [-0.05, 0) is 28.1 Å². The Kier molecular flexibility index (Phi) is 4.36. The molecule has 9 heteroatoms. The molecule has 0 bridgehead atoms. The molecule has 1 amide bonds. The highest BCUT2D eigenvalue weighted by molar-refractivity contribution is 9.10. The molecule has 0 spiro atoms. The van der Waals surface area contributed by atoms with Crippen molar-refractivity contribution in [2.45, 2.75) is 4.90 Å². The minimum absolute atomic E-state index is 0.149. The number of rotatable bonds is 4. The summed E-state index contributed by atoms with van der Waals surface area (Å²) in [5.41, 5.74) is 10.6. The van der Waals surface area contributed by atoms with E-state index < -0.39 is 22.5 Å². The summed E-state index contributed by atoms with van der Waals surface area (Å²) in [4.78, 5) is 10.4. The van der Waals surface area contributed by atoms with E-state index in [1.807, 2.05) is 4.72 Å². The Balaban J connectivity index is 3.19. The van der Waals surface area contributed by atoms with Gasteiger partial charge in [0, 0.05) is 10.7 Å². The van der Waals surface area contributed by atoms with Crippen LogP contribution in [0.4, 0.5) is 5.69 Å². The highest BCUT2D eigenvalue weighted by Crippen LogP contribution is 2.31. The molecule has 0 radical (unpaired) electrons. The van der Waals surface area contributed by atoms with Crippen LogP contribution in [-0.4, -0.2) is 20.9 Å². The maximum atomic E-state index is 11.8. The van der Waals surface area contributed by atoms with Crippen molar-refractivity contribution in [1.29, 1.82) is 0 Å². The third-order valence-electron chi connectivity index (χ3n) is 1.76. The zero-order valence-corrected chi connectivity index (χ0v) is 11.6. The number of sulfonamides is 1. The van der Waals surface area contributed by atoms with E-state index in [1.165, 1.54) is 12.1 Å². The van der Waals surface area contributed by atoms with E-state index in [0.717, 1.165) is 0 Å². The summed E-state index contributed by atoms with van der Waals surface area (Å²) in [6, 6.07) is 2.62. The van der Waals surface area contributed by atoms with E-state index in [4.69, 9.17) is 23.1 Å². The first-order chi connectivity index (χ1) is 7.74. The molecule has 1 rings (SSSR count). The summed E-state index contributed by atoms with van der Waals surface area (Å²) < 4.78 is 25.8. The number of benzene rings is 1. The van der Waals surface area contributed by atoms with E-state index >= 15 is 0 Å². The van der Waals surface area contributed by atoms with Crippen molar-refractivity contribution in [2.75, 3.05) is 12.3 Å². The lowest BCUT2D eigenvalue weighted by atomic mass is 10.3. The summed E-state index contributed by atoms with van der Waals surface area (Å²) in [5, 5.41) is 0.171. The van der Waals surface area contributed by atoms with Gasteiger partial charge in [-0.1, -0.05) is 11.6 Å². The maximum Gasteiger partial charge on any atom is 0.242 e. The van der Waals surface area contributed by atoms with Gasteiger partial charge in [-0.3, -0.25) is 4.79 Å². The zero-order chi connectivity index (χ0) is 13.2. The van der Waals surface area contributed by atoms with Crippen molar-refractivity contribution in [3.8, 4) is 0 Å². The molecule has 1 aromatic rings. The van der Waals surface area contributed by atoms with Crippen LogP contribution in [0.15, 0.2) is 21.5 Å². The lowest BCUT2D eigenvalue weighted by Gasteiger charge is -2.09. The molecule has 0 unspecified atom stereocenters. The number of carbonyl (C=O) groups is 1. The van der Waals surface area contributed by atoms with Gasteiger partial charge in [0.15, 0.2) is 0 Å². The van der Waals surface area contributed by atoms with E-state index in [9.17, 15) is 13.2 Å². The van der Waals surface area contributed by atoms with Gasteiger partial charge in [-0.25, -0.2) is 13.1 Å². The Morgan fingerprint density at radius 1 is 1.47 bits per heavy atom.